The van der Waals surface area contributed by atoms with Gasteiger partial charge in [-0.3, -0.25) is 5.10 Å². The normalized spacial score (nSPS) is 10.8. The van der Waals surface area contributed by atoms with Crippen LogP contribution in [0.3, 0.4) is 0 Å². The number of anilines is 1. The lowest BCUT2D eigenvalue weighted by Gasteiger charge is -1.99. The van der Waals surface area contributed by atoms with Crippen LogP contribution >= 0.6 is 0 Å². The summed E-state index contributed by atoms with van der Waals surface area (Å²) >= 11 is 0. The number of nitrogens with zero attached hydrogens (tertiary/aromatic N) is 4. The van der Waals surface area contributed by atoms with Crippen molar-refractivity contribution in [2.24, 2.45) is 0 Å². The van der Waals surface area contributed by atoms with E-state index in [4.69, 9.17) is 5.73 Å². The Morgan fingerprint density at radius 2 is 2.00 bits per heavy atom. The van der Waals surface area contributed by atoms with E-state index in [1.807, 2.05) is 41.9 Å². The largest absolute Gasteiger partial charge is 0.367 e. The van der Waals surface area contributed by atoms with Crippen molar-refractivity contribution in [3.63, 3.8) is 0 Å². The SMILES string of the molecule is Cc1nn(-c2ccccc2)cc1CCc1nc(N)n[nH]1. The number of nitrogen functional groups attached to an aromatic ring is 1. The molecular weight excluding hydrogens is 252 g/mol. The molecule has 0 atom stereocenters. The number of rotatable bonds is 4. The molecule has 0 aliphatic carbocycles. The van der Waals surface area contributed by atoms with Gasteiger partial charge in [-0.25, -0.2) is 4.68 Å². The molecule has 0 bridgehead atoms. The molecule has 2 aromatic heterocycles. The van der Waals surface area contributed by atoms with Gasteiger partial charge in [0, 0.05) is 12.6 Å². The van der Waals surface area contributed by atoms with E-state index in [1.165, 1.54) is 5.56 Å². The molecule has 0 saturated carbocycles. The second kappa shape index (κ2) is 5.16. The minimum absolute atomic E-state index is 0.289. The molecule has 0 fully saturated rings. The number of H-pyrrole nitrogens is 1. The second-order valence-electron chi connectivity index (χ2n) is 4.66. The summed E-state index contributed by atoms with van der Waals surface area (Å²) in [5, 5.41) is 11.2. The number of nitrogens with one attached hydrogen (secondary N) is 1. The van der Waals surface area contributed by atoms with Gasteiger partial charge in [-0.2, -0.15) is 10.1 Å². The lowest BCUT2D eigenvalue weighted by molar-refractivity contribution is 0.860. The predicted octanol–water partition coefficient (Wildman–Crippen LogP) is 1.67. The summed E-state index contributed by atoms with van der Waals surface area (Å²) in [4.78, 5) is 4.10. The number of aromatic amines is 1. The highest BCUT2D eigenvalue weighted by Crippen LogP contribution is 2.13. The molecule has 0 radical (unpaired) electrons. The van der Waals surface area contributed by atoms with Gasteiger partial charge >= 0.3 is 0 Å². The first kappa shape index (κ1) is 12.4. The third-order valence-corrected chi connectivity index (χ3v) is 3.20. The Hall–Kier alpha value is -2.63. The van der Waals surface area contributed by atoms with E-state index in [0.29, 0.717) is 0 Å². The lowest BCUT2D eigenvalue weighted by Crippen LogP contribution is -1.94. The number of para-hydroxylation sites is 1. The molecule has 3 N–H and O–H groups in total. The van der Waals surface area contributed by atoms with Crippen molar-refractivity contribution in [1.82, 2.24) is 25.0 Å². The zero-order valence-electron chi connectivity index (χ0n) is 11.2. The third kappa shape index (κ3) is 2.54. The van der Waals surface area contributed by atoms with E-state index in [0.717, 1.165) is 30.0 Å². The van der Waals surface area contributed by atoms with Gasteiger partial charge < -0.3 is 5.73 Å². The lowest BCUT2D eigenvalue weighted by atomic mass is 10.1. The van der Waals surface area contributed by atoms with Gasteiger partial charge in [-0.1, -0.05) is 18.2 Å². The molecule has 2 heterocycles. The van der Waals surface area contributed by atoms with Crippen molar-refractivity contribution in [2.75, 3.05) is 5.73 Å². The summed E-state index contributed by atoms with van der Waals surface area (Å²) in [6, 6.07) is 10.1. The number of aromatic nitrogens is 5. The molecule has 0 spiro atoms. The fraction of sp³-hybridized carbons (Fsp3) is 0.214. The van der Waals surface area contributed by atoms with Crippen LogP contribution in [0.2, 0.25) is 0 Å². The van der Waals surface area contributed by atoms with Crippen LogP contribution in [0.4, 0.5) is 5.95 Å². The highest BCUT2D eigenvalue weighted by Gasteiger charge is 2.08. The van der Waals surface area contributed by atoms with E-state index in [9.17, 15) is 0 Å². The van der Waals surface area contributed by atoms with Crippen LogP contribution in [-0.2, 0) is 12.8 Å². The fourth-order valence-electron chi connectivity index (χ4n) is 2.13. The number of aryl methyl sites for hydroxylation is 3. The van der Waals surface area contributed by atoms with Crippen molar-refractivity contribution in [3.05, 3.63) is 53.6 Å². The van der Waals surface area contributed by atoms with Crippen LogP contribution in [0.25, 0.3) is 5.69 Å². The second-order valence-corrected chi connectivity index (χ2v) is 4.66. The van der Waals surface area contributed by atoms with Crippen molar-refractivity contribution in [3.8, 4) is 5.69 Å². The zero-order valence-corrected chi connectivity index (χ0v) is 11.2. The minimum Gasteiger partial charge on any atom is -0.367 e. The number of hydrogen-bond acceptors (Lipinski definition) is 4. The molecule has 0 aliphatic heterocycles. The minimum atomic E-state index is 0.289. The monoisotopic (exact) mass is 268 g/mol. The van der Waals surface area contributed by atoms with Crippen LogP contribution in [0, 0.1) is 6.92 Å². The van der Waals surface area contributed by atoms with Crippen molar-refractivity contribution < 1.29 is 0 Å². The molecule has 6 heteroatoms. The maximum atomic E-state index is 5.49. The van der Waals surface area contributed by atoms with E-state index < -0.39 is 0 Å². The van der Waals surface area contributed by atoms with Crippen molar-refractivity contribution in [1.29, 1.82) is 0 Å². The Bertz CT molecular complexity index is 698. The van der Waals surface area contributed by atoms with Gasteiger partial charge in [-0.15, -0.1) is 5.10 Å². The maximum Gasteiger partial charge on any atom is 0.239 e. The summed E-state index contributed by atoms with van der Waals surface area (Å²) in [6.07, 6.45) is 3.68. The van der Waals surface area contributed by atoms with Crippen LogP contribution < -0.4 is 5.73 Å². The topological polar surface area (TPSA) is 85.4 Å². The molecule has 1 aromatic carbocycles. The highest BCUT2D eigenvalue weighted by molar-refractivity contribution is 5.32. The Morgan fingerprint density at radius 1 is 1.20 bits per heavy atom. The maximum absolute atomic E-state index is 5.49. The Kier molecular flexibility index (Phi) is 3.20. The first-order valence-corrected chi connectivity index (χ1v) is 6.49. The molecule has 3 rings (SSSR count). The summed E-state index contributed by atoms with van der Waals surface area (Å²) in [7, 11) is 0. The Balaban J connectivity index is 1.76. The molecule has 3 aromatic rings. The molecule has 0 aliphatic rings. The van der Waals surface area contributed by atoms with Gasteiger partial charge in [0.2, 0.25) is 5.95 Å². The van der Waals surface area contributed by atoms with Crippen LogP contribution in [-0.4, -0.2) is 25.0 Å². The smallest absolute Gasteiger partial charge is 0.239 e. The van der Waals surface area contributed by atoms with E-state index in [1.54, 1.807) is 0 Å². The molecule has 0 amide bonds. The van der Waals surface area contributed by atoms with Gasteiger partial charge in [0.1, 0.15) is 5.82 Å². The van der Waals surface area contributed by atoms with E-state index in [-0.39, 0.29) is 5.95 Å². The van der Waals surface area contributed by atoms with E-state index >= 15 is 0 Å². The van der Waals surface area contributed by atoms with Gasteiger partial charge in [0.15, 0.2) is 0 Å². The van der Waals surface area contributed by atoms with Gasteiger partial charge in [-0.05, 0) is 31.0 Å². The van der Waals surface area contributed by atoms with Crippen molar-refractivity contribution in [2.45, 2.75) is 19.8 Å². The average Bonchev–Trinajstić information content (AvgIpc) is 3.04. The van der Waals surface area contributed by atoms with Crippen LogP contribution in [0.5, 0.6) is 0 Å². The van der Waals surface area contributed by atoms with Crippen LogP contribution in [0.15, 0.2) is 36.5 Å². The summed E-state index contributed by atoms with van der Waals surface area (Å²) < 4.78 is 1.90. The van der Waals surface area contributed by atoms with Gasteiger partial charge in [0.05, 0.1) is 11.4 Å². The quantitative estimate of drug-likeness (QED) is 0.753. The molecule has 20 heavy (non-hydrogen) atoms. The number of benzene rings is 1. The molecule has 102 valence electrons. The Morgan fingerprint density at radius 3 is 2.70 bits per heavy atom. The average molecular weight is 268 g/mol. The number of hydrogen-bond donors (Lipinski definition) is 2. The standard InChI is InChI=1S/C14H16N6/c1-10-11(7-8-13-16-14(15)18-17-13)9-20(19-10)12-5-3-2-4-6-12/h2-6,9H,7-8H2,1H3,(H3,15,16,17,18). The zero-order chi connectivity index (χ0) is 13.9. The first-order chi connectivity index (χ1) is 9.72. The molecule has 6 nitrogen and oxygen atoms in total. The summed E-state index contributed by atoms with van der Waals surface area (Å²) in [5.41, 5.74) is 8.78. The molecule has 0 saturated heterocycles. The van der Waals surface area contributed by atoms with Crippen molar-refractivity contribution >= 4 is 5.95 Å². The summed E-state index contributed by atoms with van der Waals surface area (Å²) in [5.74, 6) is 1.09. The third-order valence-electron chi connectivity index (χ3n) is 3.20. The highest BCUT2D eigenvalue weighted by atomic mass is 15.3. The van der Waals surface area contributed by atoms with Gasteiger partial charge in [0.25, 0.3) is 0 Å². The van der Waals surface area contributed by atoms with E-state index in [2.05, 4.69) is 26.5 Å². The Labute approximate surface area is 116 Å². The number of nitrogens with two attached hydrogens (primary N) is 1. The summed E-state index contributed by atoms with van der Waals surface area (Å²) in [6.45, 7) is 2.02. The predicted molar refractivity (Wildman–Crippen MR) is 76.5 cm³/mol. The first-order valence-electron chi connectivity index (χ1n) is 6.49. The molecule has 0 unspecified atom stereocenters. The fourth-order valence-corrected chi connectivity index (χ4v) is 2.13. The molecular formula is C14H16N6. The van der Waals surface area contributed by atoms with Crippen LogP contribution in [0.1, 0.15) is 17.1 Å².